The Morgan fingerprint density at radius 3 is 2.65 bits per heavy atom. The minimum atomic E-state index is 0.0819. The van der Waals surface area contributed by atoms with Crippen LogP contribution in [0.5, 0.6) is 0 Å². The molecule has 0 fully saturated rings. The van der Waals surface area contributed by atoms with Crippen molar-refractivity contribution in [3.63, 3.8) is 0 Å². The third kappa shape index (κ3) is 4.40. The van der Waals surface area contributed by atoms with Gasteiger partial charge in [0, 0.05) is 12.8 Å². The fourth-order valence-corrected chi connectivity index (χ4v) is 2.15. The molecule has 0 heterocycles. The van der Waals surface area contributed by atoms with E-state index in [0.717, 1.165) is 5.56 Å². The van der Waals surface area contributed by atoms with Gasteiger partial charge in [-0.15, -0.1) is 11.8 Å². The van der Waals surface area contributed by atoms with Crippen LogP contribution in [0.4, 0.5) is 0 Å². The van der Waals surface area contributed by atoms with E-state index in [2.05, 4.69) is 0 Å². The highest BCUT2D eigenvalue weighted by atomic mass is 32.2. The van der Waals surface area contributed by atoms with Gasteiger partial charge < -0.3 is 10.0 Å². The van der Waals surface area contributed by atoms with E-state index in [-0.39, 0.29) is 18.6 Å². The maximum atomic E-state index is 11.9. The topological polar surface area (TPSA) is 40.5 Å². The molecule has 4 heteroatoms. The molecule has 1 aromatic rings. The molecule has 0 spiro atoms. The lowest BCUT2D eigenvalue weighted by Gasteiger charge is -2.25. The van der Waals surface area contributed by atoms with Crippen LogP contribution in [0.1, 0.15) is 18.5 Å². The second kappa shape index (κ2) is 7.35. The van der Waals surface area contributed by atoms with Gasteiger partial charge in [0.2, 0.25) is 5.91 Å². The molecule has 0 aliphatic heterocycles. The molecule has 0 saturated carbocycles. The van der Waals surface area contributed by atoms with Gasteiger partial charge in [-0.2, -0.15) is 0 Å². The average Bonchev–Trinajstić information content (AvgIpc) is 2.38. The summed E-state index contributed by atoms with van der Waals surface area (Å²) < 4.78 is 0. The summed E-state index contributed by atoms with van der Waals surface area (Å²) in [5.41, 5.74) is 1.13. The van der Waals surface area contributed by atoms with Crippen LogP contribution in [0, 0.1) is 0 Å². The normalized spacial score (nSPS) is 12.2. The van der Waals surface area contributed by atoms with Crippen molar-refractivity contribution in [3.05, 3.63) is 35.9 Å². The van der Waals surface area contributed by atoms with Crippen molar-refractivity contribution in [1.29, 1.82) is 0 Å². The van der Waals surface area contributed by atoms with Gasteiger partial charge in [0.05, 0.1) is 18.4 Å². The van der Waals surface area contributed by atoms with Crippen LogP contribution in [-0.2, 0) is 4.79 Å². The predicted molar refractivity (Wildman–Crippen MR) is 72.0 cm³/mol. The second-order valence-corrected chi connectivity index (χ2v) is 4.97. The summed E-state index contributed by atoms with van der Waals surface area (Å²) in [4.78, 5) is 13.6. The molecule has 0 aliphatic rings. The molecule has 1 N–H and O–H groups in total. The fourth-order valence-electron chi connectivity index (χ4n) is 1.50. The lowest BCUT2D eigenvalue weighted by Crippen LogP contribution is -2.31. The Morgan fingerprint density at radius 2 is 2.06 bits per heavy atom. The van der Waals surface area contributed by atoms with Gasteiger partial charge in [-0.25, -0.2) is 0 Å². The zero-order valence-electron chi connectivity index (χ0n) is 10.3. The zero-order valence-corrected chi connectivity index (χ0v) is 11.1. The number of benzene rings is 1. The highest BCUT2D eigenvalue weighted by Crippen LogP contribution is 2.18. The first-order valence-electron chi connectivity index (χ1n) is 5.66. The molecule has 0 saturated heterocycles. The van der Waals surface area contributed by atoms with Gasteiger partial charge in [0.1, 0.15) is 0 Å². The SMILES string of the molecule is CC(c1ccccc1)N(C)C(=O)CSCCO. The van der Waals surface area contributed by atoms with Crippen molar-refractivity contribution < 1.29 is 9.90 Å². The number of nitrogens with zero attached hydrogens (tertiary/aromatic N) is 1. The van der Waals surface area contributed by atoms with Gasteiger partial charge in [-0.3, -0.25) is 4.79 Å². The molecule has 3 nitrogen and oxygen atoms in total. The number of hydrogen-bond acceptors (Lipinski definition) is 3. The van der Waals surface area contributed by atoms with Crippen LogP contribution in [-0.4, -0.2) is 41.1 Å². The third-order valence-electron chi connectivity index (χ3n) is 2.72. The molecule has 1 atom stereocenters. The number of thioether (sulfide) groups is 1. The summed E-state index contributed by atoms with van der Waals surface area (Å²) in [7, 11) is 1.82. The average molecular weight is 253 g/mol. The fraction of sp³-hybridized carbons (Fsp3) is 0.462. The first kappa shape index (κ1) is 14.1. The van der Waals surface area contributed by atoms with E-state index in [0.29, 0.717) is 11.5 Å². The summed E-state index contributed by atoms with van der Waals surface area (Å²) in [5, 5.41) is 8.66. The quantitative estimate of drug-likeness (QED) is 0.788. The molecule has 1 amide bonds. The highest BCUT2D eigenvalue weighted by Gasteiger charge is 2.16. The maximum Gasteiger partial charge on any atom is 0.232 e. The first-order chi connectivity index (χ1) is 8.16. The van der Waals surface area contributed by atoms with Crippen LogP contribution < -0.4 is 0 Å². The minimum Gasteiger partial charge on any atom is -0.396 e. The first-order valence-corrected chi connectivity index (χ1v) is 6.81. The molecule has 0 bridgehead atoms. The molecule has 0 aromatic heterocycles. The van der Waals surface area contributed by atoms with Gasteiger partial charge >= 0.3 is 0 Å². The Balaban J connectivity index is 2.51. The zero-order chi connectivity index (χ0) is 12.7. The highest BCUT2D eigenvalue weighted by molar-refractivity contribution is 7.99. The van der Waals surface area contributed by atoms with Crippen molar-refractivity contribution in [3.8, 4) is 0 Å². The van der Waals surface area contributed by atoms with Gasteiger partial charge in [0.15, 0.2) is 0 Å². The van der Waals surface area contributed by atoms with Crippen LogP contribution in [0.25, 0.3) is 0 Å². The van der Waals surface area contributed by atoms with E-state index in [1.54, 1.807) is 4.90 Å². The van der Waals surface area contributed by atoms with E-state index < -0.39 is 0 Å². The van der Waals surface area contributed by atoms with Crippen LogP contribution in [0.3, 0.4) is 0 Å². The molecular formula is C13H19NO2S. The molecule has 0 radical (unpaired) electrons. The number of rotatable bonds is 6. The molecule has 1 rings (SSSR count). The van der Waals surface area contributed by atoms with Crippen molar-refractivity contribution in [2.45, 2.75) is 13.0 Å². The number of carbonyl (C=O) groups is 1. The summed E-state index contributed by atoms with van der Waals surface area (Å²) in [5.74, 6) is 1.13. The Bertz CT molecular complexity index is 343. The largest absolute Gasteiger partial charge is 0.396 e. The number of aliphatic hydroxyl groups excluding tert-OH is 1. The van der Waals surface area contributed by atoms with Gasteiger partial charge in [-0.05, 0) is 12.5 Å². The minimum absolute atomic E-state index is 0.0819. The van der Waals surface area contributed by atoms with E-state index >= 15 is 0 Å². The lowest BCUT2D eigenvalue weighted by molar-refractivity contribution is -0.128. The van der Waals surface area contributed by atoms with E-state index in [4.69, 9.17) is 5.11 Å². The van der Waals surface area contributed by atoms with E-state index in [1.807, 2.05) is 44.3 Å². The second-order valence-electron chi connectivity index (χ2n) is 3.87. The number of carbonyl (C=O) groups excluding carboxylic acids is 1. The van der Waals surface area contributed by atoms with Gasteiger partial charge in [0.25, 0.3) is 0 Å². The third-order valence-corrected chi connectivity index (χ3v) is 3.64. The lowest BCUT2D eigenvalue weighted by atomic mass is 10.1. The van der Waals surface area contributed by atoms with Crippen LogP contribution >= 0.6 is 11.8 Å². The number of amides is 1. The summed E-state index contributed by atoms with van der Waals surface area (Å²) in [6, 6.07) is 10.0. The molecule has 1 unspecified atom stereocenters. The summed E-state index contributed by atoms with van der Waals surface area (Å²) in [6.07, 6.45) is 0. The van der Waals surface area contributed by atoms with Crippen molar-refractivity contribution in [1.82, 2.24) is 4.90 Å². The smallest absolute Gasteiger partial charge is 0.232 e. The van der Waals surface area contributed by atoms with Crippen LogP contribution in [0.2, 0.25) is 0 Å². The van der Waals surface area contributed by atoms with Crippen LogP contribution in [0.15, 0.2) is 30.3 Å². The van der Waals surface area contributed by atoms with Crippen molar-refractivity contribution >= 4 is 17.7 Å². The summed E-state index contributed by atoms with van der Waals surface area (Å²) in [6.45, 7) is 2.14. The standard InChI is InChI=1S/C13H19NO2S/c1-11(12-6-4-3-5-7-12)14(2)13(16)10-17-9-8-15/h3-7,11,15H,8-10H2,1-2H3. The Hall–Kier alpha value is -1.000. The predicted octanol–water partition coefficient (Wildman–Crippen LogP) is 1.93. The van der Waals surface area contributed by atoms with E-state index in [1.165, 1.54) is 11.8 Å². The van der Waals surface area contributed by atoms with Crippen molar-refractivity contribution in [2.24, 2.45) is 0 Å². The Morgan fingerprint density at radius 1 is 1.41 bits per heavy atom. The monoisotopic (exact) mass is 253 g/mol. The maximum absolute atomic E-state index is 11.9. The van der Waals surface area contributed by atoms with Crippen molar-refractivity contribution in [2.75, 3.05) is 25.2 Å². The summed E-state index contributed by atoms with van der Waals surface area (Å²) >= 11 is 1.46. The molecule has 17 heavy (non-hydrogen) atoms. The number of aliphatic hydroxyl groups is 1. The Labute approximate surface area is 107 Å². The van der Waals surface area contributed by atoms with E-state index in [9.17, 15) is 4.79 Å². The molecule has 0 aliphatic carbocycles. The van der Waals surface area contributed by atoms with Gasteiger partial charge in [-0.1, -0.05) is 30.3 Å². The Kier molecular flexibility index (Phi) is 6.08. The molecule has 1 aromatic carbocycles. The molecular weight excluding hydrogens is 234 g/mol. The number of hydrogen-bond donors (Lipinski definition) is 1. The molecule has 94 valence electrons.